The summed E-state index contributed by atoms with van der Waals surface area (Å²) in [7, 11) is 2.22. The van der Waals surface area contributed by atoms with E-state index in [1.54, 1.807) is 0 Å². The molecule has 2 aliphatic heterocycles. The Labute approximate surface area is 132 Å². The Morgan fingerprint density at radius 2 is 1.86 bits per heavy atom. The predicted octanol–water partition coefficient (Wildman–Crippen LogP) is 3.38. The van der Waals surface area contributed by atoms with Gasteiger partial charge in [0, 0.05) is 23.2 Å². The maximum Gasteiger partial charge on any atom is 0.0926 e. The van der Waals surface area contributed by atoms with Crippen LogP contribution in [-0.2, 0) is 5.60 Å². The van der Waals surface area contributed by atoms with Gasteiger partial charge >= 0.3 is 0 Å². The van der Waals surface area contributed by atoms with Crippen molar-refractivity contribution in [2.75, 3.05) is 7.05 Å². The van der Waals surface area contributed by atoms with E-state index in [4.69, 9.17) is 0 Å². The second-order valence-corrected chi connectivity index (χ2v) is 7.20. The topological polar surface area (TPSA) is 36.4 Å². The van der Waals surface area contributed by atoms with Crippen LogP contribution < -0.4 is 0 Å². The molecule has 4 rings (SSSR count). The highest BCUT2D eigenvalue weighted by molar-refractivity contribution is 5.79. The van der Waals surface area contributed by atoms with Crippen molar-refractivity contribution in [1.82, 2.24) is 9.88 Å². The van der Waals surface area contributed by atoms with Crippen molar-refractivity contribution in [3.8, 4) is 0 Å². The highest BCUT2D eigenvalue weighted by Crippen LogP contribution is 2.43. The Balaban J connectivity index is 1.72. The monoisotopic (exact) mass is 296 g/mol. The highest BCUT2D eigenvalue weighted by Gasteiger charge is 2.44. The number of piperidine rings is 2. The third kappa shape index (κ3) is 2.24. The van der Waals surface area contributed by atoms with E-state index in [-0.39, 0.29) is 0 Å². The predicted molar refractivity (Wildman–Crippen MR) is 88.8 cm³/mol. The second-order valence-electron chi connectivity index (χ2n) is 7.20. The van der Waals surface area contributed by atoms with Gasteiger partial charge in [-0.3, -0.25) is 4.98 Å². The third-order valence-corrected chi connectivity index (χ3v) is 5.74. The molecule has 2 fully saturated rings. The minimum absolute atomic E-state index is 0.518. The average Bonchev–Trinajstić information content (AvgIpc) is 2.48. The summed E-state index contributed by atoms with van der Waals surface area (Å²) in [5.41, 5.74) is 2.44. The quantitative estimate of drug-likeness (QED) is 0.876. The number of pyridine rings is 1. The van der Waals surface area contributed by atoms with Gasteiger partial charge in [-0.05, 0) is 63.4 Å². The van der Waals surface area contributed by atoms with Crippen molar-refractivity contribution in [3.63, 3.8) is 0 Å². The molecule has 3 heteroatoms. The number of aryl methyl sites for hydroxylation is 1. The maximum absolute atomic E-state index is 11.3. The molecule has 2 aromatic rings. The van der Waals surface area contributed by atoms with Crippen LogP contribution in [0.25, 0.3) is 10.9 Å². The van der Waals surface area contributed by atoms with Crippen LogP contribution >= 0.6 is 0 Å². The lowest BCUT2D eigenvalue weighted by atomic mass is 9.72. The minimum Gasteiger partial charge on any atom is -0.385 e. The Morgan fingerprint density at radius 3 is 2.59 bits per heavy atom. The zero-order valence-corrected chi connectivity index (χ0v) is 13.4. The number of rotatable bonds is 1. The third-order valence-electron chi connectivity index (χ3n) is 5.74. The summed E-state index contributed by atoms with van der Waals surface area (Å²) < 4.78 is 0. The number of hydrogen-bond acceptors (Lipinski definition) is 3. The van der Waals surface area contributed by atoms with Gasteiger partial charge in [0.2, 0.25) is 0 Å². The molecular formula is C19H24N2O. The molecule has 2 bridgehead atoms. The van der Waals surface area contributed by atoms with Gasteiger partial charge < -0.3 is 10.0 Å². The summed E-state index contributed by atoms with van der Waals surface area (Å²) in [6.07, 6.45) is 5.43. The summed E-state index contributed by atoms with van der Waals surface area (Å²) in [5.74, 6) is 0. The molecule has 1 aromatic heterocycles. The van der Waals surface area contributed by atoms with Gasteiger partial charge in [0.1, 0.15) is 0 Å². The molecule has 0 spiro atoms. The van der Waals surface area contributed by atoms with Gasteiger partial charge in [0.05, 0.1) is 11.1 Å². The number of hydrogen-bond donors (Lipinski definition) is 1. The van der Waals surface area contributed by atoms with Gasteiger partial charge in [0.15, 0.2) is 0 Å². The van der Waals surface area contributed by atoms with Crippen molar-refractivity contribution in [2.24, 2.45) is 0 Å². The smallest absolute Gasteiger partial charge is 0.0926 e. The van der Waals surface area contributed by atoms with Crippen LogP contribution in [0.4, 0.5) is 0 Å². The molecule has 2 aliphatic rings. The van der Waals surface area contributed by atoms with Crippen LogP contribution in [0.3, 0.4) is 0 Å². The fourth-order valence-electron chi connectivity index (χ4n) is 4.40. The first-order valence-electron chi connectivity index (χ1n) is 8.37. The SMILES string of the molecule is Cc1ccc2cc(C3(O)CC4CCCC(C3)N4C)ccc2n1. The Kier molecular flexibility index (Phi) is 3.24. The van der Waals surface area contributed by atoms with Crippen molar-refractivity contribution in [1.29, 1.82) is 0 Å². The van der Waals surface area contributed by atoms with Gasteiger partial charge in [-0.2, -0.15) is 0 Å². The van der Waals surface area contributed by atoms with Gasteiger partial charge in [-0.15, -0.1) is 0 Å². The summed E-state index contributed by atoms with van der Waals surface area (Å²) >= 11 is 0. The molecule has 116 valence electrons. The van der Waals surface area contributed by atoms with Crippen LogP contribution in [0.5, 0.6) is 0 Å². The Hall–Kier alpha value is -1.45. The first-order valence-corrected chi connectivity index (χ1v) is 8.37. The zero-order valence-electron chi connectivity index (χ0n) is 13.4. The van der Waals surface area contributed by atoms with E-state index in [2.05, 4.69) is 41.2 Å². The van der Waals surface area contributed by atoms with E-state index < -0.39 is 5.60 Å². The van der Waals surface area contributed by atoms with Crippen LogP contribution in [0, 0.1) is 6.92 Å². The molecule has 0 amide bonds. The van der Waals surface area contributed by atoms with E-state index in [0.29, 0.717) is 12.1 Å². The first-order chi connectivity index (χ1) is 10.5. The van der Waals surface area contributed by atoms with E-state index in [0.717, 1.165) is 35.0 Å². The normalized spacial score (nSPS) is 32.3. The summed E-state index contributed by atoms with van der Waals surface area (Å²) in [6.45, 7) is 2.01. The fraction of sp³-hybridized carbons (Fsp3) is 0.526. The number of aliphatic hydroxyl groups is 1. The van der Waals surface area contributed by atoms with Crippen LogP contribution in [0.1, 0.15) is 43.4 Å². The lowest BCUT2D eigenvalue weighted by Gasteiger charge is -2.50. The van der Waals surface area contributed by atoms with Crippen LogP contribution in [0.15, 0.2) is 30.3 Å². The van der Waals surface area contributed by atoms with Crippen molar-refractivity contribution in [2.45, 2.75) is 56.7 Å². The molecule has 0 radical (unpaired) electrons. The second kappa shape index (κ2) is 5.04. The molecule has 2 saturated heterocycles. The lowest BCUT2D eigenvalue weighted by molar-refractivity contribution is -0.0874. The van der Waals surface area contributed by atoms with E-state index in [1.807, 2.05) is 13.0 Å². The van der Waals surface area contributed by atoms with Crippen molar-refractivity contribution >= 4 is 10.9 Å². The Morgan fingerprint density at radius 1 is 1.14 bits per heavy atom. The van der Waals surface area contributed by atoms with Gasteiger partial charge in [-0.1, -0.05) is 18.6 Å². The number of fused-ring (bicyclic) bond motifs is 3. The number of nitrogens with zero attached hydrogens (tertiary/aromatic N) is 2. The minimum atomic E-state index is -0.679. The average molecular weight is 296 g/mol. The summed E-state index contributed by atoms with van der Waals surface area (Å²) in [5, 5.41) is 12.5. The molecule has 1 N–H and O–H groups in total. The first kappa shape index (κ1) is 14.2. The summed E-state index contributed by atoms with van der Waals surface area (Å²) in [6, 6.07) is 11.5. The van der Waals surface area contributed by atoms with Gasteiger partial charge in [-0.25, -0.2) is 0 Å². The van der Waals surface area contributed by atoms with E-state index >= 15 is 0 Å². The number of benzene rings is 1. The van der Waals surface area contributed by atoms with Crippen LogP contribution in [-0.4, -0.2) is 34.1 Å². The van der Waals surface area contributed by atoms with Gasteiger partial charge in [0.25, 0.3) is 0 Å². The largest absolute Gasteiger partial charge is 0.385 e. The van der Waals surface area contributed by atoms with E-state index in [9.17, 15) is 5.11 Å². The zero-order chi connectivity index (χ0) is 15.3. The molecule has 3 heterocycles. The van der Waals surface area contributed by atoms with Crippen molar-refractivity contribution < 1.29 is 5.11 Å². The van der Waals surface area contributed by atoms with Crippen LogP contribution in [0.2, 0.25) is 0 Å². The maximum atomic E-state index is 11.3. The highest BCUT2D eigenvalue weighted by atomic mass is 16.3. The molecule has 2 atom stereocenters. The molecule has 2 unspecified atom stereocenters. The molecule has 22 heavy (non-hydrogen) atoms. The van der Waals surface area contributed by atoms with E-state index in [1.165, 1.54) is 19.3 Å². The standard InChI is InChI=1S/C19H24N2O/c1-13-6-7-14-10-15(8-9-18(14)20-13)19(22)11-16-4-3-5-17(12-19)21(16)2/h6-10,16-17,22H,3-5,11-12H2,1-2H3. The Bertz CT molecular complexity index is 698. The molecule has 0 saturated carbocycles. The molecule has 1 aromatic carbocycles. The molecule has 0 aliphatic carbocycles. The lowest BCUT2D eigenvalue weighted by Crippen LogP contribution is -2.55. The summed E-state index contributed by atoms with van der Waals surface area (Å²) in [4.78, 5) is 7.05. The van der Waals surface area contributed by atoms with Crippen molar-refractivity contribution in [3.05, 3.63) is 41.6 Å². The molecule has 3 nitrogen and oxygen atoms in total. The fourth-order valence-corrected chi connectivity index (χ4v) is 4.40. The molecular weight excluding hydrogens is 272 g/mol. The number of aromatic nitrogens is 1.